The molecule has 1 aliphatic rings. The van der Waals surface area contributed by atoms with Gasteiger partial charge in [-0.1, -0.05) is 6.92 Å². The minimum absolute atomic E-state index is 1.17. The van der Waals surface area contributed by atoms with Crippen molar-refractivity contribution in [1.29, 1.82) is 0 Å². The first-order valence-corrected chi connectivity index (χ1v) is 5.44. The molecule has 0 unspecified atom stereocenters. The molecule has 0 saturated carbocycles. The van der Waals surface area contributed by atoms with Crippen LogP contribution in [0.3, 0.4) is 0 Å². The van der Waals surface area contributed by atoms with Crippen LogP contribution in [0, 0.1) is 0 Å². The molecule has 0 atom stereocenters. The molecule has 1 aliphatic heterocycles. The lowest BCUT2D eigenvalue weighted by Gasteiger charge is -2.14. The molecule has 0 amide bonds. The first-order valence-electron chi connectivity index (χ1n) is 5.44. The zero-order valence-corrected chi connectivity index (χ0v) is 9.18. The van der Waals surface area contributed by atoms with Crippen molar-refractivity contribution in [3.8, 4) is 0 Å². The molecule has 0 aliphatic carbocycles. The number of hydrogen-bond acceptors (Lipinski definition) is 3. The van der Waals surface area contributed by atoms with Gasteiger partial charge in [0, 0.05) is 13.1 Å². The molecule has 0 aromatic carbocycles. The van der Waals surface area contributed by atoms with Crippen molar-refractivity contribution in [3.63, 3.8) is 0 Å². The van der Waals surface area contributed by atoms with Crippen LogP contribution in [0.25, 0.3) is 0 Å². The van der Waals surface area contributed by atoms with Crippen molar-refractivity contribution in [3.05, 3.63) is 0 Å². The zero-order valence-electron chi connectivity index (χ0n) is 9.18. The van der Waals surface area contributed by atoms with E-state index in [-0.39, 0.29) is 0 Å². The molecule has 13 heavy (non-hydrogen) atoms. The summed E-state index contributed by atoms with van der Waals surface area (Å²) in [4.78, 5) is 2.54. The second kappa shape index (κ2) is 9.96. The van der Waals surface area contributed by atoms with Gasteiger partial charge in [-0.05, 0) is 45.9 Å². The molecule has 0 aromatic rings. The van der Waals surface area contributed by atoms with E-state index in [0.29, 0.717) is 0 Å². The number of likely N-dealkylation sites (tertiary alicyclic amines) is 1. The average molecular weight is 187 g/mol. The van der Waals surface area contributed by atoms with Gasteiger partial charge in [-0.3, -0.25) is 0 Å². The average Bonchev–Trinajstić information content (AvgIpc) is 2.68. The van der Waals surface area contributed by atoms with E-state index in [4.69, 9.17) is 0 Å². The van der Waals surface area contributed by atoms with Crippen LogP contribution >= 0.6 is 0 Å². The number of nitrogens with two attached hydrogens (primary N) is 1. The Bertz CT molecular complexity index is 90.2. The molecule has 0 aromatic heterocycles. The Hall–Kier alpha value is -0.120. The minimum Gasteiger partial charge on any atom is -0.333 e. The van der Waals surface area contributed by atoms with E-state index in [2.05, 4.69) is 22.9 Å². The van der Waals surface area contributed by atoms with Crippen LogP contribution in [0.4, 0.5) is 0 Å². The van der Waals surface area contributed by atoms with Crippen LogP contribution in [0.5, 0.6) is 0 Å². The van der Waals surface area contributed by atoms with E-state index in [9.17, 15) is 0 Å². The van der Waals surface area contributed by atoms with E-state index in [0.717, 1.165) is 0 Å². The standard InChI is InChI=1S/C9H20N2.CH5N/c1-2-5-10-6-9-11-7-3-4-8-11;1-2/h10H,2-9H2,1H3;2H2,1H3. The first-order chi connectivity index (χ1) is 6.43. The minimum atomic E-state index is 1.17. The van der Waals surface area contributed by atoms with Crippen LogP contribution in [-0.2, 0) is 0 Å². The van der Waals surface area contributed by atoms with E-state index < -0.39 is 0 Å². The van der Waals surface area contributed by atoms with Gasteiger partial charge in [-0.2, -0.15) is 0 Å². The fourth-order valence-corrected chi connectivity index (χ4v) is 1.55. The summed E-state index contributed by atoms with van der Waals surface area (Å²) in [6, 6.07) is 0. The van der Waals surface area contributed by atoms with Crippen molar-refractivity contribution in [2.75, 3.05) is 39.8 Å². The number of nitrogens with zero attached hydrogens (tertiary/aromatic N) is 1. The normalized spacial score (nSPS) is 16.8. The van der Waals surface area contributed by atoms with Crippen molar-refractivity contribution in [2.24, 2.45) is 5.73 Å². The Morgan fingerprint density at radius 3 is 2.31 bits per heavy atom. The summed E-state index contributed by atoms with van der Waals surface area (Å²) in [5.41, 5.74) is 4.50. The van der Waals surface area contributed by atoms with E-state index in [1.165, 1.54) is 59.0 Å². The van der Waals surface area contributed by atoms with Crippen LogP contribution in [0.2, 0.25) is 0 Å². The predicted molar refractivity (Wildman–Crippen MR) is 58.9 cm³/mol. The second-order valence-corrected chi connectivity index (χ2v) is 3.30. The summed E-state index contributed by atoms with van der Waals surface area (Å²) in [5, 5.41) is 3.42. The Morgan fingerprint density at radius 1 is 1.15 bits per heavy atom. The third kappa shape index (κ3) is 6.99. The van der Waals surface area contributed by atoms with Crippen LogP contribution in [0.15, 0.2) is 0 Å². The van der Waals surface area contributed by atoms with Crippen LogP contribution < -0.4 is 11.1 Å². The summed E-state index contributed by atoms with van der Waals surface area (Å²) in [7, 11) is 1.50. The van der Waals surface area contributed by atoms with Gasteiger partial charge in [0.05, 0.1) is 0 Å². The fourth-order valence-electron chi connectivity index (χ4n) is 1.55. The van der Waals surface area contributed by atoms with Crippen molar-refractivity contribution in [1.82, 2.24) is 10.2 Å². The van der Waals surface area contributed by atoms with E-state index >= 15 is 0 Å². The predicted octanol–water partition coefficient (Wildman–Crippen LogP) is 0.657. The number of hydrogen-bond donors (Lipinski definition) is 2. The smallest absolute Gasteiger partial charge is 0.0107 e. The number of nitrogens with one attached hydrogen (secondary N) is 1. The van der Waals surface area contributed by atoms with Gasteiger partial charge in [0.15, 0.2) is 0 Å². The molecule has 0 radical (unpaired) electrons. The molecule has 0 bridgehead atoms. The lowest BCUT2D eigenvalue weighted by Crippen LogP contribution is -2.30. The maximum Gasteiger partial charge on any atom is 0.0107 e. The molecule has 1 rings (SSSR count). The maximum absolute atomic E-state index is 4.50. The highest BCUT2D eigenvalue weighted by Crippen LogP contribution is 2.05. The quantitative estimate of drug-likeness (QED) is 0.621. The third-order valence-corrected chi connectivity index (χ3v) is 2.23. The molecular weight excluding hydrogens is 162 g/mol. The topological polar surface area (TPSA) is 41.3 Å². The molecule has 3 heteroatoms. The van der Waals surface area contributed by atoms with E-state index in [1.54, 1.807) is 0 Å². The van der Waals surface area contributed by atoms with Gasteiger partial charge >= 0.3 is 0 Å². The number of rotatable bonds is 5. The van der Waals surface area contributed by atoms with Gasteiger partial charge in [0.2, 0.25) is 0 Å². The molecule has 1 saturated heterocycles. The molecule has 1 heterocycles. The van der Waals surface area contributed by atoms with Crippen molar-refractivity contribution >= 4 is 0 Å². The Morgan fingerprint density at radius 2 is 1.77 bits per heavy atom. The molecule has 3 N–H and O–H groups in total. The SMILES string of the molecule is CCCNCCN1CCCC1.CN. The van der Waals surface area contributed by atoms with Gasteiger partial charge in [-0.15, -0.1) is 0 Å². The van der Waals surface area contributed by atoms with E-state index in [1.807, 2.05) is 0 Å². The summed E-state index contributed by atoms with van der Waals surface area (Å²) in [6.45, 7) is 8.46. The Labute approximate surface area is 82.7 Å². The molecule has 1 fully saturated rings. The summed E-state index contributed by atoms with van der Waals surface area (Å²) in [6.07, 6.45) is 4.07. The Balaban J connectivity index is 0.000000671. The monoisotopic (exact) mass is 187 g/mol. The maximum atomic E-state index is 4.50. The molecule has 0 spiro atoms. The van der Waals surface area contributed by atoms with Gasteiger partial charge in [0.1, 0.15) is 0 Å². The highest BCUT2D eigenvalue weighted by molar-refractivity contribution is 4.66. The van der Waals surface area contributed by atoms with Crippen LogP contribution in [0.1, 0.15) is 26.2 Å². The molecular formula is C10H25N3. The first kappa shape index (κ1) is 12.9. The Kier molecular flexibility index (Phi) is 9.87. The van der Waals surface area contributed by atoms with Gasteiger partial charge < -0.3 is 16.0 Å². The highest BCUT2D eigenvalue weighted by Gasteiger charge is 2.09. The lowest BCUT2D eigenvalue weighted by atomic mass is 10.4. The summed E-state index contributed by atoms with van der Waals surface area (Å²) < 4.78 is 0. The second-order valence-electron chi connectivity index (χ2n) is 3.30. The largest absolute Gasteiger partial charge is 0.333 e. The van der Waals surface area contributed by atoms with Crippen molar-refractivity contribution < 1.29 is 0 Å². The fraction of sp³-hybridized carbons (Fsp3) is 1.00. The zero-order chi connectivity index (χ0) is 9.94. The third-order valence-electron chi connectivity index (χ3n) is 2.23. The molecule has 3 nitrogen and oxygen atoms in total. The molecule has 80 valence electrons. The lowest BCUT2D eigenvalue weighted by molar-refractivity contribution is 0.336. The van der Waals surface area contributed by atoms with Crippen LogP contribution in [-0.4, -0.2) is 44.7 Å². The summed E-state index contributed by atoms with van der Waals surface area (Å²) >= 11 is 0. The summed E-state index contributed by atoms with van der Waals surface area (Å²) in [5.74, 6) is 0. The van der Waals surface area contributed by atoms with Gasteiger partial charge in [-0.25, -0.2) is 0 Å². The van der Waals surface area contributed by atoms with Gasteiger partial charge in [0.25, 0.3) is 0 Å². The van der Waals surface area contributed by atoms with Crippen molar-refractivity contribution in [2.45, 2.75) is 26.2 Å². The highest BCUT2D eigenvalue weighted by atomic mass is 15.1.